The molecule has 0 saturated carbocycles. The third kappa shape index (κ3) is 2.76. The van der Waals surface area contributed by atoms with Gasteiger partial charge >= 0.3 is 5.97 Å². The van der Waals surface area contributed by atoms with Crippen LogP contribution in [-0.2, 0) is 11.2 Å². The van der Waals surface area contributed by atoms with E-state index in [1.54, 1.807) is 0 Å². The highest BCUT2D eigenvalue weighted by atomic mass is 16.5. The Balaban J connectivity index is 2.78. The van der Waals surface area contributed by atoms with Gasteiger partial charge in [0, 0.05) is 0 Å². The Bertz CT molecular complexity index is 331. The summed E-state index contributed by atoms with van der Waals surface area (Å²) in [6, 6.07) is 5.84. The van der Waals surface area contributed by atoms with Gasteiger partial charge in [-0.3, -0.25) is 0 Å². The van der Waals surface area contributed by atoms with Crippen molar-refractivity contribution in [2.45, 2.75) is 20.3 Å². The SMILES string of the molecule is CCc1ccc(C)c(OCC(=O)O)c1. The molecule has 0 fully saturated rings. The Labute approximate surface area is 83.3 Å². The van der Waals surface area contributed by atoms with E-state index >= 15 is 0 Å². The molecule has 0 aromatic heterocycles. The molecule has 76 valence electrons. The first-order valence-corrected chi connectivity index (χ1v) is 4.57. The summed E-state index contributed by atoms with van der Waals surface area (Å²) >= 11 is 0. The van der Waals surface area contributed by atoms with E-state index in [9.17, 15) is 4.79 Å². The van der Waals surface area contributed by atoms with Crippen LogP contribution in [0.1, 0.15) is 18.1 Å². The third-order valence-electron chi connectivity index (χ3n) is 2.01. The van der Waals surface area contributed by atoms with Crippen LogP contribution in [0.4, 0.5) is 0 Å². The Hall–Kier alpha value is -1.51. The molecule has 1 rings (SSSR count). The minimum absolute atomic E-state index is 0.284. The summed E-state index contributed by atoms with van der Waals surface area (Å²) in [5.41, 5.74) is 2.11. The van der Waals surface area contributed by atoms with Gasteiger partial charge in [0.1, 0.15) is 5.75 Å². The molecule has 0 aliphatic rings. The van der Waals surface area contributed by atoms with Gasteiger partial charge in [-0.25, -0.2) is 4.79 Å². The molecule has 0 radical (unpaired) electrons. The smallest absolute Gasteiger partial charge is 0.341 e. The van der Waals surface area contributed by atoms with Gasteiger partial charge in [0.2, 0.25) is 0 Å². The molecule has 0 atom stereocenters. The standard InChI is InChI=1S/C11H14O3/c1-3-9-5-4-8(2)10(6-9)14-7-11(12)13/h4-6H,3,7H2,1-2H3,(H,12,13). The van der Waals surface area contributed by atoms with Crippen molar-refractivity contribution in [1.29, 1.82) is 0 Å². The van der Waals surface area contributed by atoms with Crippen molar-refractivity contribution in [3.63, 3.8) is 0 Å². The molecular formula is C11H14O3. The lowest BCUT2D eigenvalue weighted by Gasteiger charge is -2.08. The highest BCUT2D eigenvalue weighted by molar-refractivity contribution is 5.68. The molecule has 0 saturated heterocycles. The van der Waals surface area contributed by atoms with Crippen LogP contribution in [0.5, 0.6) is 5.75 Å². The lowest BCUT2D eigenvalue weighted by molar-refractivity contribution is -0.139. The molecule has 3 nitrogen and oxygen atoms in total. The Kier molecular flexibility index (Phi) is 3.51. The predicted molar refractivity (Wildman–Crippen MR) is 53.7 cm³/mol. The fourth-order valence-corrected chi connectivity index (χ4v) is 1.16. The van der Waals surface area contributed by atoms with Crippen LogP contribution in [0.25, 0.3) is 0 Å². The molecule has 14 heavy (non-hydrogen) atoms. The molecule has 0 spiro atoms. The fourth-order valence-electron chi connectivity index (χ4n) is 1.16. The predicted octanol–water partition coefficient (Wildman–Crippen LogP) is 2.02. The quantitative estimate of drug-likeness (QED) is 0.797. The van der Waals surface area contributed by atoms with E-state index in [2.05, 4.69) is 0 Å². The monoisotopic (exact) mass is 194 g/mol. The number of aliphatic carboxylic acids is 1. The number of hydrogen-bond donors (Lipinski definition) is 1. The molecule has 1 aromatic rings. The minimum atomic E-state index is -0.952. The molecule has 0 bridgehead atoms. The van der Waals surface area contributed by atoms with E-state index in [1.807, 2.05) is 32.0 Å². The first-order valence-electron chi connectivity index (χ1n) is 4.57. The Morgan fingerprint density at radius 1 is 1.50 bits per heavy atom. The zero-order valence-electron chi connectivity index (χ0n) is 8.41. The van der Waals surface area contributed by atoms with Gasteiger partial charge in [0.15, 0.2) is 6.61 Å². The third-order valence-corrected chi connectivity index (χ3v) is 2.01. The maximum Gasteiger partial charge on any atom is 0.341 e. The van der Waals surface area contributed by atoms with Crippen molar-refractivity contribution < 1.29 is 14.6 Å². The van der Waals surface area contributed by atoms with E-state index in [0.29, 0.717) is 5.75 Å². The van der Waals surface area contributed by atoms with Crippen molar-refractivity contribution in [3.8, 4) is 5.75 Å². The summed E-state index contributed by atoms with van der Waals surface area (Å²) in [7, 11) is 0. The maximum atomic E-state index is 10.3. The molecule has 0 heterocycles. The van der Waals surface area contributed by atoms with Gasteiger partial charge in [-0.05, 0) is 30.5 Å². The lowest BCUT2D eigenvalue weighted by Crippen LogP contribution is -2.10. The Morgan fingerprint density at radius 3 is 2.79 bits per heavy atom. The van der Waals surface area contributed by atoms with Gasteiger partial charge in [-0.2, -0.15) is 0 Å². The molecular weight excluding hydrogens is 180 g/mol. The lowest BCUT2D eigenvalue weighted by atomic mass is 10.1. The number of carboxylic acids is 1. The van der Waals surface area contributed by atoms with Crippen LogP contribution in [0.3, 0.4) is 0 Å². The molecule has 1 N–H and O–H groups in total. The first-order chi connectivity index (χ1) is 6.63. The molecule has 0 unspecified atom stereocenters. The summed E-state index contributed by atoms with van der Waals surface area (Å²) in [6.45, 7) is 3.66. The van der Waals surface area contributed by atoms with Gasteiger partial charge in [0.05, 0.1) is 0 Å². The van der Waals surface area contributed by atoms with Crippen LogP contribution in [-0.4, -0.2) is 17.7 Å². The van der Waals surface area contributed by atoms with Gasteiger partial charge < -0.3 is 9.84 Å². The molecule has 0 amide bonds. The van der Waals surface area contributed by atoms with E-state index in [0.717, 1.165) is 17.5 Å². The van der Waals surface area contributed by atoms with Crippen molar-refractivity contribution in [3.05, 3.63) is 29.3 Å². The van der Waals surface area contributed by atoms with Crippen LogP contribution in [0.15, 0.2) is 18.2 Å². The van der Waals surface area contributed by atoms with Crippen LogP contribution >= 0.6 is 0 Å². The summed E-state index contributed by atoms with van der Waals surface area (Å²) < 4.78 is 5.14. The van der Waals surface area contributed by atoms with Crippen molar-refractivity contribution in [1.82, 2.24) is 0 Å². The number of hydrogen-bond acceptors (Lipinski definition) is 2. The van der Waals surface area contributed by atoms with Gasteiger partial charge in [0.25, 0.3) is 0 Å². The van der Waals surface area contributed by atoms with Crippen LogP contribution < -0.4 is 4.74 Å². The molecule has 0 aliphatic carbocycles. The fraction of sp³-hybridized carbons (Fsp3) is 0.364. The van der Waals surface area contributed by atoms with Gasteiger partial charge in [-0.15, -0.1) is 0 Å². The normalized spacial score (nSPS) is 9.86. The zero-order valence-corrected chi connectivity index (χ0v) is 8.41. The number of rotatable bonds is 4. The highest BCUT2D eigenvalue weighted by Gasteiger charge is 2.03. The summed E-state index contributed by atoms with van der Waals surface area (Å²) in [4.78, 5) is 10.3. The second-order valence-electron chi connectivity index (χ2n) is 3.14. The van der Waals surface area contributed by atoms with E-state index in [-0.39, 0.29) is 6.61 Å². The molecule has 0 aliphatic heterocycles. The minimum Gasteiger partial charge on any atom is -0.482 e. The number of carboxylic acid groups (broad SMARTS) is 1. The highest BCUT2D eigenvalue weighted by Crippen LogP contribution is 2.19. The summed E-state index contributed by atoms with van der Waals surface area (Å²) in [5, 5.41) is 8.47. The van der Waals surface area contributed by atoms with Crippen molar-refractivity contribution >= 4 is 5.97 Å². The number of aryl methyl sites for hydroxylation is 2. The number of carbonyl (C=O) groups is 1. The Morgan fingerprint density at radius 2 is 2.21 bits per heavy atom. The second kappa shape index (κ2) is 4.65. The average Bonchev–Trinajstić information content (AvgIpc) is 2.16. The maximum absolute atomic E-state index is 10.3. The second-order valence-corrected chi connectivity index (χ2v) is 3.14. The largest absolute Gasteiger partial charge is 0.482 e. The summed E-state index contributed by atoms with van der Waals surface area (Å²) in [5.74, 6) is -0.293. The van der Waals surface area contributed by atoms with Crippen molar-refractivity contribution in [2.75, 3.05) is 6.61 Å². The first kappa shape index (κ1) is 10.6. The molecule has 1 aromatic carbocycles. The van der Waals surface area contributed by atoms with E-state index < -0.39 is 5.97 Å². The van der Waals surface area contributed by atoms with E-state index in [1.165, 1.54) is 0 Å². The number of benzene rings is 1. The average molecular weight is 194 g/mol. The summed E-state index contributed by atoms with van der Waals surface area (Å²) in [6.07, 6.45) is 0.920. The van der Waals surface area contributed by atoms with Gasteiger partial charge in [-0.1, -0.05) is 19.1 Å². The van der Waals surface area contributed by atoms with Crippen LogP contribution in [0, 0.1) is 6.92 Å². The topological polar surface area (TPSA) is 46.5 Å². The molecule has 3 heteroatoms. The van der Waals surface area contributed by atoms with Crippen molar-refractivity contribution in [2.24, 2.45) is 0 Å². The number of ether oxygens (including phenoxy) is 1. The van der Waals surface area contributed by atoms with E-state index in [4.69, 9.17) is 9.84 Å². The van der Waals surface area contributed by atoms with Crippen LogP contribution in [0.2, 0.25) is 0 Å². The zero-order chi connectivity index (χ0) is 10.6.